The summed E-state index contributed by atoms with van der Waals surface area (Å²) in [6.07, 6.45) is 0. The van der Waals surface area contributed by atoms with Gasteiger partial charge in [0.25, 0.3) is 0 Å². The molecule has 1 aliphatic rings. The highest BCUT2D eigenvalue weighted by atomic mass is 35.5. The molecule has 1 aliphatic heterocycles. The fourth-order valence-corrected chi connectivity index (χ4v) is 3.63. The first-order chi connectivity index (χ1) is 13.0. The molecular weight excluding hydrogens is 362 g/mol. The number of benzene rings is 1. The van der Waals surface area contributed by atoms with Crippen molar-refractivity contribution >= 4 is 17.5 Å². The minimum Gasteiger partial charge on any atom is -0.340 e. The molecule has 1 saturated heterocycles. The topological polar surface area (TPSA) is 53.4 Å². The van der Waals surface area contributed by atoms with Crippen LogP contribution in [0.4, 0.5) is 0 Å². The second-order valence-corrected chi connectivity index (χ2v) is 7.50. The summed E-state index contributed by atoms with van der Waals surface area (Å²) in [5.74, 6) is 0.177. The molecule has 0 atom stereocenters. The first-order valence-electron chi connectivity index (χ1n) is 9.45. The molecule has 1 fully saturated rings. The van der Waals surface area contributed by atoms with Crippen molar-refractivity contribution in [1.82, 2.24) is 24.9 Å². The van der Waals surface area contributed by atoms with Gasteiger partial charge in [0.05, 0.1) is 11.4 Å². The van der Waals surface area contributed by atoms with E-state index in [0.717, 1.165) is 67.9 Å². The predicted molar refractivity (Wildman–Crippen MR) is 108 cm³/mol. The summed E-state index contributed by atoms with van der Waals surface area (Å²) in [5, 5.41) is 8.96. The molecule has 2 heterocycles. The van der Waals surface area contributed by atoms with Crippen LogP contribution in [0.5, 0.6) is 0 Å². The van der Waals surface area contributed by atoms with Crippen LogP contribution < -0.4 is 5.32 Å². The van der Waals surface area contributed by atoms with Crippen molar-refractivity contribution in [3.63, 3.8) is 0 Å². The molecule has 0 radical (unpaired) electrons. The van der Waals surface area contributed by atoms with Gasteiger partial charge in [0.15, 0.2) is 0 Å². The van der Waals surface area contributed by atoms with Gasteiger partial charge in [-0.2, -0.15) is 5.10 Å². The number of amides is 1. The van der Waals surface area contributed by atoms with E-state index in [1.54, 1.807) is 6.92 Å². The second-order valence-electron chi connectivity index (χ2n) is 7.06. The van der Waals surface area contributed by atoms with Gasteiger partial charge in [0, 0.05) is 69.0 Å². The fourth-order valence-electron chi connectivity index (χ4n) is 3.50. The lowest BCUT2D eigenvalue weighted by Gasteiger charge is -2.34. The van der Waals surface area contributed by atoms with Gasteiger partial charge >= 0.3 is 0 Å². The number of hydrogen-bond donors (Lipinski definition) is 1. The average Bonchev–Trinajstić information content (AvgIpc) is 2.94. The van der Waals surface area contributed by atoms with E-state index in [2.05, 4.69) is 29.2 Å². The molecule has 1 amide bonds. The van der Waals surface area contributed by atoms with Crippen LogP contribution in [-0.4, -0.2) is 64.8 Å². The molecular formula is C20H28ClN5O. The largest absolute Gasteiger partial charge is 0.340 e. The average molecular weight is 390 g/mol. The van der Waals surface area contributed by atoms with Crippen LogP contribution in [0.25, 0.3) is 5.69 Å². The second kappa shape index (κ2) is 8.87. The maximum absolute atomic E-state index is 11.4. The third-order valence-electron chi connectivity index (χ3n) is 5.24. The smallest absolute Gasteiger partial charge is 0.219 e. The zero-order valence-corrected chi connectivity index (χ0v) is 17.1. The fraction of sp³-hybridized carbons (Fsp3) is 0.500. The van der Waals surface area contributed by atoms with Crippen LogP contribution in [0.1, 0.15) is 23.9 Å². The van der Waals surface area contributed by atoms with E-state index < -0.39 is 0 Å². The summed E-state index contributed by atoms with van der Waals surface area (Å²) in [6.45, 7) is 12.1. The quantitative estimate of drug-likeness (QED) is 0.771. The summed E-state index contributed by atoms with van der Waals surface area (Å²) in [7, 11) is 0. The molecule has 1 aromatic heterocycles. The molecule has 146 valence electrons. The highest BCUT2D eigenvalue weighted by Gasteiger charge is 2.18. The van der Waals surface area contributed by atoms with E-state index in [9.17, 15) is 4.79 Å². The Balaban J connectivity index is 1.50. The van der Waals surface area contributed by atoms with Gasteiger partial charge < -0.3 is 10.2 Å². The molecule has 0 saturated carbocycles. The number of nitrogens with one attached hydrogen (secondary N) is 1. The lowest BCUT2D eigenvalue weighted by Crippen LogP contribution is -2.49. The molecule has 3 rings (SSSR count). The van der Waals surface area contributed by atoms with Crippen molar-refractivity contribution in [2.24, 2.45) is 0 Å². The molecule has 0 spiro atoms. The Morgan fingerprint density at radius 1 is 1.15 bits per heavy atom. The number of aryl methyl sites for hydroxylation is 1. The van der Waals surface area contributed by atoms with Crippen LogP contribution in [-0.2, 0) is 11.3 Å². The summed E-state index contributed by atoms with van der Waals surface area (Å²) in [4.78, 5) is 15.7. The van der Waals surface area contributed by atoms with Gasteiger partial charge in [-0.05, 0) is 38.1 Å². The van der Waals surface area contributed by atoms with E-state index in [-0.39, 0.29) is 5.91 Å². The highest BCUT2D eigenvalue weighted by Crippen LogP contribution is 2.19. The Labute approximate surface area is 166 Å². The molecule has 6 nitrogen and oxygen atoms in total. The SMILES string of the molecule is CC(=O)N1CCN(CCNCc2c(C)nn(-c3ccc(Cl)cc3)c2C)CC1. The van der Waals surface area contributed by atoms with Crippen LogP contribution in [0, 0.1) is 13.8 Å². The zero-order chi connectivity index (χ0) is 19.4. The minimum absolute atomic E-state index is 0.177. The van der Waals surface area contributed by atoms with Crippen LogP contribution >= 0.6 is 11.6 Å². The van der Waals surface area contributed by atoms with Gasteiger partial charge in [0.1, 0.15) is 0 Å². The Kier molecular flexibility index (Phi) is 6.52. The number of piperazine rings is 1. The van der Waals surface area contributed by atoms with Gasteiger partial charge in [0.2, 0.25) is 5.91 Å². The molecule has 7 heteroatoms. The first kappa shape index (κ1) is 19.9. The molecule has 2 aromatic rings. The summed E-state index contributed by atoms with van der Waals surface area (Å²) < 4.78 is 1.98. The van der Waals surface area contributed by atoms with Gasteiger partial charge in [-0.1, -0.05) is 11.6 Å². The van der Waals surface area contributed by atoms with Crippen molar-refractivity contribution in [3.8, 4) is 5.69 Å². The van der Waals surface area contributed by atoms with Crippen LogP contribution in [0.2, 0.25) is 5.02 Å². The van der Waals surface area contributed by atoms with Crippen LogP contribution in [0.3, 0.4) is 0 Å². The normalized spacial score (nSPS) is 15.3. The van der Waals surface area contributed by atoms with Crippen molar-refractivity contribution in [3.05, 3.63) is 46.2 Å². The number of rotatable bonds is 6. The van der Waals surface area contributed by atoms with Gasteiger partial charge in [-0.15, -0.1) is 0 Å². The highest BCUT2D eigenvalue weighted by molar-refractivity contribution is 6.30. The maximum atomic E-state index is 11.4. The number of aromatic nitrogens is 2. The lowest BCUT2D eigenvalue weighted by molar-refractivity contribution is -0.130. The number of hydrogen-bond acceptors (Lipinski definition) is 4. The molecule has 0 bridgehead atoms. The number of carbonyl (C=O) groups is 1. The molecule has 1 N–H and O–H groups in total. The monoisotopic (exact) mass is 389 g/mol. The van der Waals surface area contributed by atoms with E-state index in [0.29, 0.717) is 0 Å². The number of halogens is 1. The first-order valence-corrected chi connectivity index (χ1v) is 9.83. The summed E-state index contributed by atoms with van der Waals surface area (Å²) in [5.41, 5.74) is 4.46. The van der Waals surface area contributed by atoms with Crippen molar-refractivity contribution in [1.29, 1.82) is 0 Å². The lowest BCUT2D eigenvalue weighted by atomic mass is 10.2. The summed E-state index contributed by atoms with van der Waals surface area (Å²) >= 11 is 5.98. The zero-order valence-electron chi connectivity index (χ0n) is 16.3. The van der Waals surface area contributed by atoms with Crippen LogP contribution in [0.15, 0.2) is 24.3 Å². The number of carbonyl (C=O) groups excluding carboxylic acids is 1. The molecule has 27 heavy (non-hydrogen) atoms. The third kappa shape index (κ3) is 4.89. The Hall–Kier alpha value is -1.89. The van der Waals surface area contributed by atoms with Crippen molar-refractivity contribution in [2.75, 3.05) is 39.3 Å². The predicted octanol–water partition coefficient (Wildman–Crippen LogP) is 2.40. The maximum Gasteiger partial charge on any atom is 0.219 e. The van der Waals surface area contributed by atoms with Gasteiger partial charge in [-0.25, -0.2) is 4.68 Å². The van der Waals surface area contributed by atoms with E-state index >= 15 is 0 Å². The Morgan fingerprint density at radius 3 is 2.44 bits per heavy atom. The van der Waals surface area contributed by atoms with E-state index in [4.69, 9.17) is 11.6 Å². The Bertz CT molecular complexity index is 778. The summed E-state index contributed by atoms with van der Waals surface area (Å²) in [6, 6.07) is 7.74. The standard InChI is InChI=1S/C20H28ClN5O/c1-15-20(16(2)26(23-15)19-6-4-18(21)5-7-19)14-22-8-9-24-10-12-25(13-11-24)17(3)27/h4-7,22H,8-14H2,1-3H3. The minimum atomic E-state index is 0.177. The third-order valence-corrected chi connectivity index (χ3v) is 5.49. The molecule has 0 aliphatic carbocycles. The van der Waals surface area contributed by atoms with E-state index in [1.165, 1.54) is 5.56 Å². The molecule has 1 aromatic carbocycles. The van der Waals surface area contributed by atoms with Gasteiger partial charge in [-0.3, -0.25) is 9.69 Å². The number of nitrogens with zero attached hydrogens (tertiary/aromatic N) is 4. The van der Waals surface area contributed by atoms with E-state index in [1.807, 2.05) is 33.8 Å². The molecule has 0 unspecified atom stereocenters. The van der Waals surface area contributed by atoms with Crippen molar-refractivity contribution in [2.45, 2.75) is 27.3 Å². The Morgan fingerprint density at radius 2 is 1.81 bits per heavy atom. The van der Waals surface area contributed by atoms with Crippen molar-refractivity contribution < 1.29 is 4.79 Å².